The average Bonchev–Trinajstić information content (AvgIpc) is 3.54. The number of nitrogens with zero attached hydrogens (tertiary/aromatic N) is 5. The first-order valence-corrected chi connectivity index (χ1v) is 12.0. The van der Waals surface area contributed by atoms with Crippen LogP contribution in [-0.2, 0) is 6.54 Å². The van der Waals surface area contributed by atoms with Crippen molar-refractivity contribution >= 4 is 17.5 Å². The topological polar surface area (TPSA) is 73.0 Å². The highest BCUT2D eigenvalue weighted by atomic mass is 15.4. The summed E-state index contributed by atoms with van der Waals surface area (Å²) in [5.74, 6) is 3.33. The minimum atomic E-state index is 0.514. The Bertz CT molecular complexity index is 1430. The maximum absolute atomic E-state index is 4.78. The van der Waals surface area contributed by atoms with Crippen molar-refractivity contribution in [2.45, 2.75) is 39.3 Å². The third kappa shape index (κ3) is 3.93. The van der Waals surface area contributed by atoms with Crippen LogP contribution in [0.3, 0.4) is 0 Å². The summed E-state index contributed by atoms with van der Waals surface area (Å²) in [7, 11) is 2.02. The molecule has 0 saturated heterocycles. The predicted molar refractivity (Wildman–Crippen MR) is 141 cm³/mol. The number of hydrogen-bond donors (Lipinski definition) is 2. The lowest BCUT2D eigenvalue weighted by Crippen LogP contribution is -2.38. The van der Waals surface area contributed by atoms with Crippen LogP contribution in [0.2, 0.25) is 0 Å². The van der Waals surface area contributed by atoms with Gasteiger partial charge in [-0.2, -0.15) is 4.98 Å². The molecule has 2 aliphatic rings. The van der Waals surface area contributed by atoms with Gasteiger partial charge in [0.25, 0.3) is 0 Å². The smallest absolute Gasteiger partial charge is 0.224 e. The second-order valence-corrected chi connectivity index (χ2v) is 9.48. The van der Waals surface area contributed by atoms with Crippen LogP contribution in [-0.4, -0.2) is 33.0 Å². The van der Waals surface area contributed by atoms with E-state index >= 15 is 0 Å². The summed E-state index contributed by atoms with van der Waals surface area (Å²) in [6.45, 7) is 9.31. The number of aromatic nitrogens is 4. The number of imidazole rings is 1. The lowest BCUT2D eigenvalue weighted by molar-refractivity contribution is 0.798. The molecule has 3 heterocycles. The summed E-state index contributed by atoms with van der Waals surface area (Å²) in [6, 6.07) is 15.3. The molecular weight excluding hydrogens is 434 g/mol. The van der Waals surface area contributed by atoms with Gasteiger partial charge in [-0.3, -0.25) is 0 Å². The number of aryl methyl sites for hydroxylation is 2. The van der Waals surface area contributed by atoms with E-state index in [1.54, 1.807) is 0 Å². The zero-order valence-electron chi connectivity index (χ0n) is 20.3. The second-order valence-electron chi connectivity index (χ2n) is 9.48. The highest BCUT2D eigenvalue weighted by Crippen LogP contribution is 2.37. The van der Waals surface area contributed by atoms with E-state index in [1.807, 2.05) is 24.3 Å². The van der Waals surface area contributed by atoms with Gasteiger partial charge < -0.3 is 20.1 Å². The first-order valence-electron chi connectivity index (χ1n) is 12.0. The van der Waals surface area contributed by atoms with Gasteiger partial charge in [0.1, 0.15) is 17.5 Å². The molecule has 1 fully saturated rings. The van der Waals surface area contributed by atoms with Crippen molar-refractivity contribution < 1.29 is 0 Å². The molecule has 6 rings (SSSR count). The van der Waals surface area contributed by atoms with Crippen molar-refractivity contribution in [3.05, 3.63) is 83.9 Å². The van der Waals surface area contributed by atoms with Gasteiger partial charge in [-0.05, 0) is 43.9 Å². The lowest BCUT2D eigenvalue weighted by atomic mass is 10.1. The molecule has 2 aromatic heterocycles. The Morgan fingerprint density at radius 2 is 1.86 bits per heavy atom. The molecule has 1 saturated carbocycles. The molecule has 4 aromatic rings. The molecule has 1 aliphatic carbocycles. The van der Waals surface area contributed by atoms with E-state index in [1.165, 1.54) is 24.0 Å². The standard InChI is InChI=1S/C28H29N7/c1-17-7-5-6-8-23(17)24-15-29-26(32-24)20-10-9-18(2)25(13-20)35-16-21-14-30-28(31-22-11-12-22)33-27(21)34(4)19(35)3/h5-10,13-15,22H,3,11-12,16H2,1-2,4H3,(H,29,32)(H,30,31,33). The number of anilines is 3. The number of nitrogens with one attached hydrogen (secondary N) is 2. The summed E-state index contributed by atoms with van der Waals surface area (Å²) in [4.78, 5) is 21.8. The van der Waals surface area contributed by atoms with Crippen molar-refractivity contribution in [1.29, 1.82) is 0 Å². The minimum absolute atomic E-state index is 0.514. The zero-order valence-corrected chi connectivity index (χ0v) is 20.3. The van der Waals surface area contributed by atoms with Crippen LogP contribution in [0.1, 0.15) is 29.5 Å². The maximum atomic E-state index is 4.78. The van der Waals surface area contributed by atoms with Crippen LogP contribution < -0.4 is 15.1 Å². The van der Waals surface area contributed by atoms with Crippen LogP contribution in [0.5, 0.6) is 0 Å². The van der Waals surface area contributed by atoms with Gasteiger partial charge in [0.05, 0.1) is 18.4 Å². The van der Waals surface area contributed by atoms with E-state index < -0.39 is 0 Å². The minimum Gasteiger partial charge on any atom is -0.351 e. The highest BCUT2D eigenvalue weighted by molar-refractivity contribution is 5.73. The van der Waals surface area contributed by atoms with Gasteiger partial charge in [-0.25, -0.2) is 9.97 Å². The Balaban J connectivity index is 1.32. The summed E-state index contributed by atoms with van der Waals surface area (Å²) >= 11 is 0. The molecule has 7 heteroatoms. The molecular formula is C28H29N7. The Kier molecular flexibility index (Phi) is 5.06. The van der Waals surface area contributed by atoms with Gasteiger partial charge in [0.15, 0.2) is 0 Å². The zero-order chi connectivity index (χ0) is 24.1. The van der Waals surface area contributed by atoms with E-state index in [4.69, 9.17) is 9.97 Å². The Hall–Kier alpha value is -4.13. The molecule has 1 aliphatic heterocycles. The molecule has 2 N–H and O–H groups in total. The largest absolute Gasteiger partial charge is 0.351 e. The SMILES string of the molecule is C=C1N(C)c2nc(NC3CC3)ncc2CN1c1cc(-c2ncc(-c3ccccc3C)[nH]2)ccc1C. The van der Waals surface area contributed by atoms with E-state index in [0.29, 0.717) is 18.5 Å². The van der Waals surface area contributed by atoms with Crippen molar-refractivity contribution in [3.8, 4) is 22.6 Å². The van der Waals surface area contributed by atoms with Crippen LogP contribution in [0.4, 0.5) is 17.5 Å². The number of rotatable bonds is 5. The molecule has 176 valence electrons. The van der Waals surface area contributed by atoms with Crippen LogP contribution in [0.15, 0.2) is 67.3 Å². The van der Waals surface area contributed by atoms with E-state index in [-0.39, 0.29) is 0 Å². The number of H-pyrrole nitrogens is 1. The van der Waals surface area contributed by atoms with Crippen molar-refractivity contribution in [2.75, 3.05) is 22.2 Å². The average molecular weight is 464 g/mol. The fraction of sp³-hybridized carbons (Fsp3) is 0.250. The van der Waals surface area contributed by atoms with Crippen LogP contribution in [0.25, 0.3) is 22.6 Å². The number of benzene rings is 2. The fourth-order valence-electron chi connectivity index (χ4n) is 4.60. The fourth-order valence-corrected chi connectivity index (χ4v) is 4.60. The van der Waals surface area contributed by atoms with E-state index in [0.717, 1.165) is 45.5 Å². The van der Waals surface area contributed by atoms with Crippen molar-refractivity contribution in [3.63, 3.8) is 0 Å². The van der Waals surface area contributed by atoms with Crippen molar-refractivity contribution in [1.82, 2.24) is 19.9 Å². The number of fused-ring (bicyclic) bond motifs is 1. The van der Waals surface area contributed by atoms with Crippen molar-refractivity contribution in [2.24, 2.45) is 0 Å². The van der Waals surface area contributed by atoms with E-state index in [9.17, 15) is 0 Å². The Labute approximate surface area is 205 Å². The summed E-state index contributed by atoms with van der Waals surface area (Å²) in [5, 5.41) is 3.39. The summed E-state index contributed by atoms with van der Waals surface area (Å²) in [5.41, 5.74) is 7.78. The third-order valence-corrected chi connectivity index (χ3v) is 6.88. The van der Waals surface area contributed by atoms with Gasteiger partial charge in [0.2, 0.25) is 5.95 Å². The van der Waals surface area contributed by atoms with Gasteiger partial charge in [-0.1, -0.05) is 43.0 Å². The van der Waals surface area contributed by atoms with Crippen LogP contribution in [0, 0.1) is 13.8 Å². The number of aromatic amines is 1. The quantitative estimate of drug-likeness (QED) is 0.398. The van der Waals surface area contributed by atoms with Gasteiger partial charge in [-0.15, -0.1) is 0 Å². The summed E-state index contributed by atoms with van der Waals surface area (Å²) < 4.78 is 0. The first kappa shape index (κ1) is 21.4. The maximum Gasteiger partial charge on any atom is 0.224 e. The molecule has 35 heavy (non-hydrogen) atoms. The monoisotopic (exact) mass is 463 g/mol. The summed E-state index contributed by atoms with van der Waals surface area (Å²) in [6.07, 6.45) is 6.22. The molecule has 7 nitrogen and oxygen atoms in total. The molecule has 0 amide bonds. The number of hydrogen-bond acceptors (Lipinski definition) is 6. The molecule has 0 unspecified atom stereocenters. The molecule has 0 bridgehead atoms. The third-order valence-electron chi connectivity index (χ3n) is 6.88. The lowest BCUT2D eigenvalue weighted by Gasteiger charge is -2.39. The second kappa shape index (κ2) is 8.27. The van der Waals surface area contributed by atoms with Gasteiger partial charge >= 0.3 is 0 Å². The molecule has 0 atom stereocenters. The first-order chi connectivity index (χ1) is 17.0. The van der Waals surface area contributed by atoms with Crippen LogP contribution >= 0.6 is 0 Å². The molecule has 0 radical (unpaired) electrons. The van der Waals surface area contributed by atoms with Gasteiger partial charge in [0, 0.05) is 41.7 Å². The normalized spacial score (nSPS) is 15.3. The Morgan fingerprint density at radius 3 is 2.66 bits per heavy atom. The molecule has 0 spiro atoms. The predicted octanol–water partition coefficient (Wildman–Crippen LogP) is 5.65. The molecule has 2 aromatic carbocycles. The Morgan fingerprint density at radius 1 is 1.03 bits per heavy atom. The highest BCUT2D eigenvalue weighted by Gasteiger charge is 2.29. The van der Waals surface area contributed by atoms with E-state index in [2.05, 4.69) is 83.1 Å².